The smallest absolute Gasteiger partial charge is 0.226 e. The van der Waals surface area contributed by atoms with Crippen molar-refractivity contribution in [2.24, 2.45) is 24.8 Å². The van der Waals surface area contributed by atoms with Gasteiger partial charge in [0.05, 0.1) is 32.1 Å². The van der Waals surface area contributed by atoms with Crippen molar-refractivity contribution >= 4 is 5.91 Å². The zero-order chi connectivity index (χ0) is 16.0. The molecule has 2 aliphatic heterocycles. The minimum absolute atomic E-state index is 0.197. The molecule has 1 saturated heterocycles. The molecule has 0 aromatic carbocycles. The van der Waals surface area contributed by atoms with Gasteiger partial charge >= 0.3 is 0 Å². The van der Waals surface area contributed by atoms with Crippen LogP contribution in [0.4, 0.5) is 0 Å². The Morgan fingerprint density at radius 2 is 2.26 bits per heavy atom. The molecule has 2 fully saturated rings. The minimum atomic E-state index is 0.197. The maximum Gasteiger partial charge on any atom is 0.226 e. The number of aromatic nitrogens is 2. The molecule has 0 spiro atoms. The molecule has 1 unspecified atom stereocenters. The van der Waals surface area contributed by atoms with Gasteiger partial charge in [-0.1, -0.05) is 6.08 Å². The van der Waals surface area contributed by atoms with E-state index in [-0.39, 0.29) is 5.92 Å². The maximum atomic E-state index is 12.8. The van der Waals surface area contributed by atoms with Crippen molar-refractivity contribution in [3.05, 3.63) is 29.6 Å². The summed E-state index contributed by atoms with van der Waals surface area (Å²) in [6.07, 6.45) is 2.60. The van der Waals surface area contributed by atoms with E-state index in [1.54, 1.807) is 6.08 Å². The molecule has 6 nitrogen and oxygen atoms in total. The van der Waals surface area contributed by atoms with Crippen LogP contribution in [0.5, 0.6) is 0 Å². The van der Waals surface area contributed by atoms with Crippen LogP contribution in [-0.2, 0) is 40.9 Å². The summed E-state index contributed by atoms with van der Waals surface area (Å²) in [5.41, 5.74) is 3.34. The van der Waals surface area contributed by atoms with Crippen molar-refractivity contribution in [1.82, 2.24) is 14.7 Å². The number of carbonyl (C=O) groups excluding carboxylic acids is 1. The Labute approximate surface area is 136 Å². The third-order valence-electron chi connectivity index (χ3n) is 5.35. The quantitative estimate of drug-likeness (QED) is 0.598. The van der Waals surface area contributed by atoms with E-state index in [2.05, 4.69) is 11.7 Å². The highest BCUT2D eigenvalue weighted by Gasteiger charge is 2.59. The Hall–Kier alpha value is -1.66. The molecular formula is C17H23N3O3. The standard InChI is InChI=1S/C17H23N3O3/c1-3-6-22-10-14-11-7-20(5-4-15(11)19(2)18-14)17(21)16-12-8-23-9-13(12)16/h3,12-13,16H,1,4-10H2,2H3/t12-,13+,16?. The summed E-state index contributed by atoms with van der Waals surface area (Å²) in [6.45, 7) is 7.61. The van der Waals surface area contributed by atoms with Crippen LogP contribution in [0, 0.1) is 17.8 Å². The number of hydrogen-bond acceptors (Lipinski definition) is 4. The van der Waals surface area contributed by atoms with Crippen molar-refractivity contribution in [2.75, 3.05) is 26.4 Å². The lowest BCUT2D eigenvalue weighted by Crippen LogP contribution is -2.38. The number of hydrogen-bond donors (Lipinski definition) is 0. The van der Waals surface area contributed by atoms with E-state index in [1.165, 1.54) is 11.3 Å². The van der Waals surface area contributed by atoms with Crippen molar-refractivity contribution in [2.45, 2.75) is 19.6 Å². The number of ether oxygens (including phenoxy) is 2. The summed E-state index contributed by atoms with van der Waals surface area (Å²) in [5.74, 6) is 1.43. The maximum absolute atomic E-state index is 12.8. The molecule has 1 aromatic rings. The van der Waals surface area contributed by atoms with Crippen LogP contribution in [-0.4, -0.2) is 47.0 Å². The average Bonchev–Trinajstić information content (AvgIpc) is 2.90. The van der Waals surface area contributed by atoms with Gasteiger partial charge in [0.2, 0.25) is 5.91 Å². The Bertz CT molecular complexity index is 629. The van der Waals surface area contributed by atoms with E-state index in [9.17, 15) is 4.79 Å². The lowest BCUT2D eigenvalue weighted by atomic mass is 10.0. The molecule has 124 valence electrons. The van der Waals surface area contributed by atoms with Gasteiger partial charge in [0.25, 0.3) is 0 Å². The molecule has 1 aliphatic carbocycles. The lowest BCUT2D eigenvalue weighted by molar-refractivity contribution is -0.135. The summed E-state index contributed by atoms with van der Waals surface area (Å²) in [7, 11) is 1.97. The van der Waals surface area contributed by atoms with Gasteiger partial charge in [-0.2, -0.15) is 5.10 Å². The van der Waals surface area contributed by atoms with Crippen LogP contribution in [0.25, 0.3) is 0 Å². The summed E-state index contributed by atoms with van der Waals surface area (Å²) >= 11 is 0. The molecule has 3 aliphatic rings. The lowest BCUT2D eigenvalue weighted by Gasteiger charge is -2.28. The van der Waals surface area contributed by atoms with Gasteiger partial charge in [0.1, 0.15) is 0 Å². The predicted octanol–water partition coefficient (Wildman–Crippen LogP) is 0.900. The molecule has 0 radical (unpaired) electrons. The molecule has 3 atom stereocenters. The van der Waals surface area contributed by atoms with Crippen molar-refractivity contribution in [3.8, 4) is 0 Å². The molecule has 0 bridgehead atoms. The highest BCUT2D eigenvalue weighted by molar-refractivity contribution is 5.83. The molecule has 1 aromatic heterocycles. The monoisotopic (exact) mass is 317 g/mol. The van der Waals surface area contributed by atoms with Gasteiger partial charge in [-0.25, -0.2) is 0 Å². The minimum Gasteiger partial charge on any atom is -0.381 e. The second-order valence-corrected chi connectivity index (χ2v) is 6.70. The predicted molar refractivity (Wildman–Crippen MR) is 83.5 cm³/mol. The Kier molecular flexibility index (Phi) is 3.73. The van der Waals surface area contributed by atoms with E-state index in [0.29, 0.717) is 37.5 Å². The second kappa shape index (κ2) is 5.76. The van der Waals surface area contributed by atoms with Crippen molar-refractivity contribution < 1.29 is 14.3 Å². The average molecular weight is 317 g/mol. The molecule has 4 rings (SSSR count). The fraction of sp³-hybridized carbons (Fsp3) is 0.647. The van der Waals surface area contributed by atoms with Gasteiger partial charge in [-0.05, 0) is 11.8 Å². The zero-order valence-electron chi connectivity index (χ0n) is 13.5. The fourth-order valence-corrected chi connectivity index (χ4v) is 4.03. The van der Waals surface area contributed by atoms with Gasteiger partial charge in [0.15, 0.2) is 0 Å². The number of fused-ring (bicyclic) bond motifs is 2. The molecule has 6 heteroatoms. The highest BCUT2D eigenvalue weighted by Crippen LogP contribution is 2.51. The molecule has 1 saturated carbocycles. The Morgan fingerprint density at radius 1 is 1.48 bits per heavy atom. The van der Waals surface area contributed by atoms with Gasteiger partial charge in [-0.3, -0.25) is 9.48 Å². The SMILES string of the molecule is C=CCOCc1nn(C)c2c1CN(C(=O)C1[C@H]3COC[C@@H]13)CC2. The first-order valence-corrected chi connectivity index (χ1v) is 8.29. The van der Waals surface area contributed by atoms with Crippen LogP contribution in [0.2, 0.25) is 0 Å². The van der Waals surface area contributed by atoms with E-state index in [0.717, 1.165) is 31.9 Å². The summed E-state index contributed by atoms with van der Waals surface area (Å²) in [4.78, 5) is 14.8. The van der Waals surface area contributed by atoms with Crippen LogP contribution in [0.3, 0.4) is 0 Å². The third kappa shape index (κ3) is 2.50. The summed E-state index contributed by atoms with van der Waals surface area (Å²) in [6, 6.07) is 0. The van der Waals surface area contributed by atoms with Gasteiger partial charge in [-0.15, -0.1) is 6.58 Å². The first kappa shape index (κ1) is 14.9. The number of carbonyl (C=O) groups is 1. The van der Waals surface area contributed by atoms with E-state index in [4.69, 9.17) is 9.47 Å². The van der Waals surface area contributed by atoms with Crippen LogP contribution in [0.1, 0.15) is 17.0 Å². The highest BCUT2D eigenvalue weighted by atomic mass is 16.5. The van der Waals surface area contributed by atoms with Crippen LogP contribution >= 0.6 is 0 Å². The number of amides is 1. The molecular weight excluding hydrogens is 294 g/mol. The van der Waals surface area contributed by atoms with Gasteiger partial charge in [0, 0.05) is 43.7 Å². The Balaban J connectivity index is 1.47. The third-order valence-corrected chi connectivity index (χ3v) is 5.35. The molecule has 3 heterocycles. The fourth-order valence-electron chi connectivity index (χ4n) is 4.03. The number of aryl methyl sites for hydroxylation is 1. The molecule has 0 N–H and O–H groups in total. The van der Waals surface area contributed by atoms with E-state index in [1.807, 2.05) is 16.6 Å². The van der Waals surface area contributed by atoms with Gasteiger partial charge < -0.3 is 14.4 Å². The molecule has 23 heavy (non-hydrogen) atoms. The second-order valence-electron chi connectivity index (χ2n) is 6.70. The van der Waals surface area contributed by atoms with Crippen molar-refractivity contribution in [3.63, 3.8) is 0 Å². The van der Waals surface area contributed by atoms with E-state index >= 15 is 0 Å². The normalized spacial score (nSPS) is 28.4. The summed E-state index contributed by atoms with van der Waals surface area (Å²) in [5, 5.41) is 4.57. The summed E-state index contributed by atoms with van der Waals surface area (Å²) < 4.78 is 12.9. The zero-order valence-corrected chi connectivity index (χ0v) is 13.5. The van der Waals surface area contributed by atoms with Crippen LogP contribution in [0.15, 0.2) is 12.7 Å². The van der Waals surface area contributed by atoms with E-state index < -0.39 is 0 Å². The first-order chi connectivity index (χ1) is 11.2. The largest absolute Gasteiger partial charge is 0.381 e. The van der Waals surface area contributed by atoms with Crippen molar-refractivity contribution in [1.29, 1.82) is 0 Å². The topological polar surface area (TPSA) is 56.6 Å². The van der Waals surface area contributed by atoms with Crippen LogP contribution < -0.4 is 0 Å². The number of nitrogens with zero attached hydrogens (tertiary/aromatic N) is 3. The Morgan fingerprint density at radius 3 is 3.00 bits per heavy atom. The first-order valence-electron chi connectivity index (χ1n) is 8.29. The number of rotatable bonds is 5. The molecule has 1 amide bonds.